The van der Waals surface area contributed by atoms with Crippen LogP contribution in [0.1, 0.15) is 11.5 Å². The zero-order valence-electron chi connectivity index (χ0n) is 8.56. The zero-order chi connectivity index (χ0) is 11.6. The summed E-state index contributed by atoms with van der Waals surface area (Å²) in [6, 6.07) is 0. The molecule has 0 saturated carbocycles. The van der Waals surface area contributed by atoms with Gasteiger partial charge in [-0.1, -0.05) is 0 Å². The molecule has 86 valence electrons. The Balaban J connectivity index is 2.09. The molecule has 0 radical (unpaired) electrons. The van der Waals surface area contributed by atoms with Gasteiger partial charge in [-0.2, -0.15) is 0 Å². The van der Waals surface area contributed by atoms with E-state index in [2.05, 4.69) is 24.7 Å². The lowest BCUT2D eigenvalue weighted by atomic mass is 10.5. The van der Waals surface area contributed by atoms with Crippen molar-refractivity contribution in [3.05, 3.63) is 30.2 Å². The number of sulfonamides is 1. The highest BCUT2D eigenvalue weighted by molar-refractivity contribution is 7.89. The fourth-order valence-electron chi connectivity index (χ4n) is 1.17. The third kappa shape index (κ3) is 2.28. The first-order valence-electron chi connectivity index (χ1n) is 4.56. The predicted molar refractivity (Wildman–Crippen MR) is 55.9 cm³/mol. The second kappa shape index (κ2) is 4.06. The predicted octanol–water partition coefficient (Wildman–Crippen LogP) is -0.0803. The van der Waals surface area contributed by atoms with Crippen molar-refractivity contribution in [3.8, 4) is 0 Å². The van der Waals surface area contributed by atoms with Crippen molar-refractivity contribution in [2.75, 3.05) is 0 Å². The average molecular weight is 241 g/mol. The van der Waals surface area contributed by atoms with Crippen LogP contribution in [-0.2, 0) is 16.6 Å². The molecule has 0 amide bonds. The fourth-order valence-corrected chi connectivity index (χ4v) is 2.14. The number of aromatic amines is 2. The topological polar surface area (TPSA) is 104 Å². The highest BCUT2D eigenvalue weighted by Crippen LogP contribution is 2.05. The van der Waals surface area contributed by atoms with Gasteiger partial charge >= 0.3 is 0 Å². The van der Waals surface area contributed by atoms with Crippen molar-refractivity contribution in [1.82, 2.24) is 24.7 Å². The standard InChI is InChI=1S/C8H11N5O2S/c1-6-10-4-8(13-6)16(14,15)12-3-7-2-9-5-11-7/h2,4-5,12H,3H2,1H3,(H,9,11)(H,10,13). The number of hydrogen-bond donors (Lipinski definition) is 3. The first-order chi connectivity index (χ1) is 7.58. The summed E-state index contributed by atoms with van der Waals surface area (Å²) in [5, 5.41) is 0.0597. The minimum atomic E-state index is -3.53. The van der Waals surface area contributed by atoms with Crippen LogP contribution in [0.15, 0.2) is 23.7 Å². The van der Waals surface area contributed by atoms with Crippen molar-refractivity contribution in [3.63, 3.8) is 0 Å². The SMILES string of the molecule is Cc1ncc(S(=O)(=O)NCc2cnc[nH]2)[nH]1. The van der Waals surface area contributed by atoms with E-state index in [-0.39, 0.29) is 11.6 Å². The van der Waals surface area contributed by atoms with Gasteiger partial charge in [-0.05, 0) is 6.92 Å². The summed E-state index contributed by atoms with van der Waals surface area (Å²) in [4.78, 5) is 13.1. The van der Waals surface area contributed by atoms with E-state index in [1.165, 1.54) is 12.5 Å². The second-order valence-electron chi connectivity index (χ2n) is 3.23. The lowest BCUT2D eigenvalue weighted by Gasteiger charge is -2.02. The molecule has 0 unspecified atom stereocenters. The van der Waals surface area contributed by atoms with Gasteiger partial charge in [0.25, 0.3) is 10.0 Å². The van der Waals surface area contributed by atoms with E-state index in [1.807, 2.05) is 0 Å². The Bertz CT molecular complexity index is 557. The largest absolute Gasteiger partial charge is 0.347 e. The van der Waals surface area contributed by atoms with E-state index in [9.17, 15) is 8.42 Å². The van der Waals surface area contributed by atoms with Gasteiger partial charge in [0, 0.05) is 11.9 Å². The van der Waals surface area contributed by atoms with Gasteiger partial charge in [0.2, 0.25) is 0 Å². The molecular weight excluding hydrogens is 230 g/mol. The minimum Gasteiger partial charge on any atom is -0.347 e. The first kappa shape index (κ1) is 10.8. The molecular formula is C8H11N5O2S. The molecule has 0 aromatic carbocycles. The number of nitrogens with one attached hydrogen (secondary N) is 3. The van der Waals surface area contributed by atoms with Gasteiger partial charge < -0.3 is 9.97 Å². The van der Waals surface area contributed by atoms with Crippen LogP contribution in [0.3, 0.4) is 0 Å². The number of hydrogen-bond acceptors (Lipinski definition) is 4. The Kier molecular flexibility index (Phi) is 2.75. The summed E-state index contributed by atoms with van der Waals surface area (Å²) in [6.07, 6.45) is 4.33. The third-order valence-electron chi connectivity index (χ3n) is 1.98. The maximum absolute atomic E-state index is 11.7. The van der Waals surface area contributed by atoms with Crippen molar-refractivity contribution in [2.24, 2.45) is 0 Å². The summed E-state index contributed by atoms with van der Waals surface area (Å²) in [7, 11) is -3.53. The van der Waals surface area contributed by atoms with Gasteiger partial charge in [-0.3, -0.25) is 0 Å². The van der Waals surface area contributed by atoms with Crippen molar-refractivity contribution < 1.29 is 8.42 Å². The molecule has 0 fully saturated rings. The normalized spacial score (nSPS) is 11.8. The Labute approximate surface area is 92.4 Å². The molecule has 0 spiro atoms. The summed E-state index contributed by atoms with van der Waals surface area (Å²) in [5.41, 5.74) is 0.694. The van der Waals surface area contributed by atoms with Crippen molar-refractivity contribution in [2.45, 2.75) is 18.5 Å². The summed E-state index contributed by atoms with van der Waals surface area (Å²) < 4.78 is 25.9. The van der Waals surface area contributed by atoms with E-state index in [0.717, 1.165) is 0 Å². The van der Waals surface area contributed by atoms with Crippen LogP contribution in [-0.4, -0.2) is 28.4 Å². The number of aryl methyl sites for hydroxylation is 1. The molecule has 3 N–H and O–H groups in total. The maximum Gasteiger partial charge on any atom is 0.257 e. The lowest BCUT2D eigenvalue weighted by Crippen LogP contribution is -2.23. The fraction of sp³-hybridized carbons (Fsp3) is 0.250. The van der Waals surface area contributed by atoms with Crippen LogP contribution in [0.5, 0.6) is 0 Å². The molecule has 2 heterocycles. The van der Waals surface area contributed by atoms with Gasteiger partial charge in [-0.25, -0.2) is 23.1 Å². The van der Waals surface area contributed by atoms with Crippen LogP contribution in [0, 0.1) is 6.92 Å². The van der Waals surface area contributed by atoms with Crippen LogP contribution < -0.4 is 4.72 Å². The van der Waals surface area contributed by atoms with Gasteiger partial charge in [0.1, 0.15) is 5.82 Å². The quantitative estimate of drug-likeness (QED) is 0.696. The van der Waals surface area contributed by atoms with Crippen LogP contribution in [0.2, 0.25) is 0 Å². The number of nitrogens with zero attached hydrogens (tertiary/aromatic N) is 2. The van der Waals surface area contributed by atoms with Crippen molar-refractivity contribution in [1.29, 1.82) is 0 Å². The summed E-state index contributed by atoms with van der Waals surface area (Å²) >= 11 is 0. The number of H-pyrrole nitrogens is 2. The molecule has 8 heteroatoms. The zero-order valence-corrected chi connectivity index (χ0v) is 9.37. The molecule has 0 bridgehead atoms. The maximum atomic E-state index is 11.7. The van der Waals surface area contributed by atoms with E-state index < -0.39 is 10.0 Å². The van der Waals surface area contributed by atoms with Crippen LogP contribution in [0.4, 0.5) is 0 Å². The molecule has 16 heavy (non-hydrogen) atoms. The lowest BCUT2D eigenvalue weighted by molar-refractivity contribution is 0.577. The number of rotatable bonds is 4. The number of aromatic nitrogens is 4. The van der Waals surface area contributed by atoms with Gasteiger partial charge in [0.15, 0.2) is 5.03 Å². The molecule has 2 rings (SSSR count). The minimum absolute atomic E-state index is 0.0597. The van der Waals surface area contributed by atoms with E-state index in [4.69, 9.17) is 0 Å². The summed E-state index contributed by atoms with van der Waals surface area (Å²) in [6.45, 7) is 1.86. The molecule has 2 aromatic heterocycles. The third-order valence-corrected chi connectivity index (χ3v) is 3.29. The Hall–Kier alpha value is -1.67. The Morgan fingerprint density at radius 1 is 1.44 bits per heavy atom. The average Bonchev–Trinajstić information content (AvgIpc) is 2.85. The molecule has 0 aliphatic carbocycles. The van der Waals surface area contributed by atoms with Crippen LogP contribution >= 0.6 is 0 Å². The highest BCUT2D eigenvalue weighted by atomic mass is 32.2. The number of imidazole rings is 2. The van der Waals surface area contributed by atoms with Gasteiger partial charge in [-0.15, -0.1) is 0 Å². The monoisotopic (exact) mass is 241 g/mol. The summed E-state index contributed by atoms with van der Waals surface area (Å²) in [5.74, 6) is 0.557. The molecule has 7 nitrogen and oxygen atoms in total. The Morgan fingerprint density at radius 3 is 2.81 bits per heavy atom. The second-order valence-corrected chi connectivity index (χ2v) is 4.97. The molecule has 2 aromatic rings. The molecule has 0 aliphatic rings. The van der Waals surface area contributed by atoms with Crippen LogP contribution in [0.25, 0.3) is 0 Å². The molecule has 0 saturated heterocycles. The molecule has 0 atom stereocenters. The molecule has 0 aliphatic heterocycles. The van der Waals surface area contributed by atoms with E-state index in [0.29, 0.717) is 11.5 Å². The Morgan fingerprint density at radius 2 is 2.25 bits per heavy atom. The van der Waals surface area contributed by atoms with E-state index >= 15 is 0 Å². The first-order valence-corrected chi connectivity index (χ1v) is 6.05. The highest BCUT2D eigenvalue weighted by Gasteiger charge is 2.15. The van der Waals surface area contributed by atoms with Crippen molar-refractivity contribution >= 4 is 10.0 Å². The van der Waals surface area contributed by atoms with Gasteiger partial charge in [0.05, 0.1) is 19.1 Å². The smallest absolute Gasteiger partial charge is 0.257 e. The van der Waals surface area contributed by atoms with E-state index in [1.54, 1.807) is 13.1 Å².